The zero-order valence-corrected chi connectivity index (χ0v) is 20.8. The topological polar surface area (TPSA) is 91.3 Å². The standard InChI is InChI=1S/C20H22Br2N4O4S/c1-30-19-7-2-15(12-18(19)22)13-23-24-20(27)14-25-8-10-26(11-9-25)31(28,29)17-5-3-16(21)4-6-17/h2-7,12-13H,8-11,14H2,1H3,(H,24,27). The summed E-state index contributed by atoms with van der Waals surface area (Å²) in [6.45, 7) is 1.75. The Kier molecular flexibility index (Phi) is 8.23. The fraction of sp³-hybridized carbons (Fsp3) is 0.300. The molecule has 11 heteroatoms. The monoisotopic (exact) mass is 572 g/mol. The summed E-state index contributed by atoms with van der Waals surface area (Å²) in [5.41, 5.74) is 3.31. The molecule has 2 aromatic rings. The molecule has 8 nitrogen and oxygen atoms in total. The smallest absolute Gasteiger partial charge is 0.254 e. The molecule has 0 aliphatic carbocycles. The number of ether oxygens (including phenoxy) is 1. The Morgan fingerprint density at radius 3 is 2.42 bits per heavy atom. The van der Waals surface area contributed by atoms with Crippen LogP contribution in [0.25, 0.3) is 0 Å². The predicted molar refractivity (Wildman–Crippen MR) is 126 cm³/mol. The van der Waals surface area contributed by atoms with E-state index < -0.39 is 10.0 Å². The number of amides is 1. The van der Waals surface area contributed by atoms with Crippen LogP contribution < -0.4 is 10.2 Å². The van der Waals surface area contributed by atoms with Crippen molar-refractivity contribution in [3.63, 3.8) is 0 Å². The van der Waals surface area contributed by atoms with Gasteiger partial charge >= 0.3 is 0 Å². The lowest BCUT2D eigenvalue weighted by atomic mass is 10.2. The number of hydrazone groups is 1. The molecule has 166 valence electrons. The van der Waals surface area contributed by atoms with Gasteiger partial charge in [0.05, 0.1) is 29.2 Å². The van der Waals surface area contributed by atoms with Gasteiger partial charge in [-0.05, 0) is 64.0 Å². The maximum atomic E-state index is 12.8. The molecule has 2 aromatic carbocycles. The zero-order valence-electron chi connectivity index (χ0n) is 16.8. The van der Waals surface area contributed by atoms with E-state index in [9.17, 15) is 13.2 Å². The highest BCUT2D eigenvalue weighted by Gasteiger charge is 2.28. The van der Waals surface area contributed by atoms with E-state index in [4.69, 9.17) is 4.74 Å². The van der Waals surface area contributed by atoms with Crippen LogP contribution in [0.2, 0.25) is 0 Å². The van der Waals surface area contributed by atoms with Gasteiger partial charge in [-0.25, -0.2) is 13.8 Å². The Hall–Kier alpha value is -1.79. The number of piperazine rings is 1. The van der Waals surface area contributed by atoms with Crippen molar-refractivity contribution in [1.29, 1.82) is 0 Å². The lowest BCUT2D eigenvalue weighted by molar-refractivity contribution is -0.122. The molecule has 1 aliphatic rings. The fourth-order valence-corrected chi connectivity index (χ4v) is 5.31. The van der Waals surface area contributed by atoms with Crippen molar-refractivity contribution in [3.05, 3.63) is 57.0 Å². The van der Waals surface area contributed by atoms with Gasteiger partial charge in [0.1, 0.15) is 5.75 Å². The quantitative estimate of drug-likeness (QED) is 0.406. The number of halogens is 2. The maximum Gasteiger partial charge on any atom is 0.254 e. The van der Waals surface area contributed by atoms with Crippen molar-refractivity contribution >= 4 is 54.0 Å². The first-order valence-electron chi connectivity index (χ1n) is 9.43. The molecule has 1 amide bonds. The van der Waals surface area contributed by atoms with Gasteiger partial charge in [0.2, 0.25) is 10.0 Å². The Bertz CT molecular complexity index is 1050. The normalized spacial score (nSPS) is 15.8. The van der Waals surface area contributed by atoms with E-state index in [1.807, 2.05) is 17.0 Å². The van der Waals surface area contributed by atoms with Crippen molar-refractivity contribution in [2.45, 2.75) is 4.90 Å². The lowest BCUT2D eigenvalue weighted by Gasteiger charge is -2.33. The van der Waals surface area contributed by atoms with E-state index >= 15 is 0 Å². The predicted octanol–water partition coefficient (Wildman–Crippen LogP) is 2.68. The minimum absolute atomic E-state index is 0.149. The van der Waals surface area contributed by atoms with Crippen molar-refractivity contribution in [3.8, 4) is 5.75 Å². The first-order chi connectivity index (χ1) is 14.8. The molecule has 0 aromatic heterocycles. The van der Waals surface area contributed by atoms with E-state index in [2.05, 4.69) is 42.4 Å². The van der Waals surface area contributed by atoms with E-state index in [0.717, 1.165) is 14.5 Å². The van der Waals surface area contributed by atoms with E-state index in [1.165, 1.54) is 4.31 Å². The summed E-state index contributed by atoms with van der Waals surface area (Å²) >= 11 is 6.71. The highest BCUT2D eigenvalue weighted by atomic mass is 79.9. The number of nitrogens with zero attached hydrogens (tertiary/aromatic N) is 3. The molecule has 1 N–H and O–H groups in total. The SMILES string of the molecule is COc1ccc(C=NNC(=O)CN2CCN(S(=O)(=O)c3ccc(Br)cc3)CC2)cc1Br. The molecular formula is C20H22Br2N4O4S. The van der Waals surface area contributed by atoms with Crippen molar-refractivity contribution in [2.75, 3.05) is 39.8 Å². The van der Waals surface area contributed by atoms with Crippen LogP contribution in [-0.4, -0.2) is 69.6 Å². The Morgan fingerprint density at radius 2 is 1.81 bits per heavy atom. The molecule has 0 spiro atoms. The molecule has 0 unspecified atom stereocenters. The average molecular weight is 574 g/mol. The largest absolute Gasteiger partial charge is 0.496 e. The molecule has 1 heterocycles. The number of hydrogen-bond acceptors (Lipinski definition) is 6. The average Bonchev–Trinajstić information content (AvgIpc) is 2.74. The van der Waals surface area contributed by atoms with E-state index in [-0.39, 0.29) is 17.3 Å². The first-order valence-corrected chi connectivity index (χ1v) is 12.5. The van der Waals surface area contributed by atoms with Crippen LogP contribution in [0.5, 0.6) is 5.75 Å². The molecule has 31 heavy (non-hydrogen) atoms. The summed E-state index contributed by atoms with van der Waals surface area (Å²) in [5.74, 6) is 0.454. The third kappa shape index (κ3) is 6.36. The molecule has 0 saturated carbocycles. The first kappa shape index (κ1) is 23.9. The third-order valence-electron chi connectivity index (χ3n) is 4.73. The van der Waals surface area contributed by atoms with Crippen LogP contribution in [0.3, 0.4) is 0 Å². The van der Waals surface area contributed by atoms with Gasteiger partial charge in [-0.2, -0.15) is 9.41 Å². The van der Waals surface area contributed by atoms with Gasteiger partial charge in [-0.1, -0.05) is 15.9 Å². The van der Waals surface area contributed by atoms with Crippen LogP contribution in [0.1, 0.15) is 5.56 Å². The van der Waals surface area contributed by atoms with E-state index in [1.54, 1.807) is 43.7 Å². The zero-order chi connectivity index (χ0) is 22.4. The second-order valence-corrected chi connectivity index (χ2v) is 10.5. The van der Waals surface area contributed by atoms with E-state index in [0.29, 0.717) is 31.9 Å². The Labute approximate surface area is 198 Å². The minimum atomic E-state index is -3.54. The van der Waals surface area contributed by atoms with Crippen molar-refractivity contribution in [1.82, 2.24) is 14.6 Å². The summed E-state index contributed by atoms with van der Waals surface area (Å²) in [7, 11) is -1.95. The van der Waals surface area contributed by atoms with Gasteiger partial charge in [-0.15, -0.1) is 0 Å². The molecule has 1 saturated heterocycles. The number of sulfonamides is 1. The number of rotatable bonds is 7. The van der Waals surface area contributed by atoms with Crippen LogP contribution in [0, 0.1) is 0 Å². The lowest BCUT2D eigenvalue weighted by Crippen LogP contribution is -2.50. The number of hydrogen-bond donors (Lipinski definition) is 1. The minimum Gasteiger partial charge on any atom is -0.496 e. The van der Waals surface area contributed by atoms with Crippen LogP contribution in [0.4, 0.5) is 0 Å². The summed E-state index contributed by atoms with van der Waals surface area (Å²) in [4.78, 5) is 14.3. The van der Waals surface area contributed by atoms with Gasteiger partial charge in [0.15, 0.2) is 0 Å². The second-order valence-electron chi connectivity index (χ2n) is 6.82. The number of benzene rings is 2. The Morgan fingerprint density at radius 1 is 1.13 bits per heavy atom. The van der Waals surface area contributed by atoms with Gasteiger partial charge in [0.25, 0.3) is 5.91 Å². The van der Waals surface area contributed by atoms with Crippen LogP contribution >= 0.6 is 31.9 Å². The molecule has 0 atom stereocenters. The molecule has 3 rings (SSSR count). The second kappa shape index (κ2) is 10.7. The highest BCUT2D eigenvalue weighted by Crippen LogP contribution is 2.24. The molecule has 0 radical (unpaired) electrons. The summed E-state index contributed by atoms with van der Waals surface area (Å²) < 4.78 is 33.7. The van der Waals surface area contributed by atoms with Gasteiger partial charge in [-0.3, -0.25) is 9.69 Å². The summed E-state index contributed by atoms with van der Waals surface area (Å²) in [5, 5.41) is 3.98. The summed E-state index contributed by atoms with van der Waals surface area (Å²) in [6, 6.07) is 12.0. The summed E-state index contributed by atoms with van der Waals surface area (Å²) in [6.07, 6.45) is 1.55. The number of nitrogens with one attached hydrogen (secondary N) is 1. The maximum absolute atomic E-state index is 12.8. The van der Waals surface area contributed by atoms with Crippen LogP contribution in [0.15, 0.2) is 61.4 Å². The van der Waals surface area contributed by atoms with Crippen molar-refractivity contribution in [2.24, 2.45) is 5.10 Å². The number of carbonyl (C=O) groups excluding carboxylic acids is 1. The molecule has 1 fully saturated rings. The Balaban J connectivity index is 1.47. The van der Waals surface area contributed by atoms with Gasteiger partial charge in [0, 0.05) is 30.7 Å². The number of methoxy groups -OCH3 is 1. The number of carbonyl (C=O) groups is 1. The van der Waals surface area contributed by atoms with Crippen LogP contribution in [-0.2, 0) is 14.8 Å². The molecule has 1 aliphatic heterocycles. The van der Waals surface area contributed by atoms with Gasteiger partial charge < -0.3 is 4.74 Å². The molecular weight excluding hydrogens is 552 g/mol. The third-order valence-corrected chi connectivity index (χ3v) is 7.79. The van der Waals surface area contributed by atoms with Crippen molar-refractivity contribution < 1.29 is 17.9 Å². The molecule has 0 bridgehead atoms. The fourth-order valence-electron chi connectivity index (χ4n) is 3.06. The highest BCUT2D eigenvalue weighted by molar-refractivity contribution is 9.10.